The lowest BCUT2D eigenvalue weighted by atomic mass is 10.0. The molecular formula is C11H19N3. The first kappa shape index (κ1) is 11.2. The predicted octanol–water partition coefficient (Wildman–Crippen LogP) is 1.33. The van der Waals surface area contributed by atoms with Crippen LogP contribution < -0.4 is 11.3 Å². The first-order valence-corrected chi connectivity index (χ1v) is 4.76. The van der Waals surface area contributed by atoms with Crippen LogP contribution in [-0.4, -0.2) is 19.0 Å². The zero-order chi connectivity index (χ0) is 10.7. The molecule has 3 heteroatoms. The second kappa shape index (κ2) is 4.55. The highest BCUT2D eigenvalue weighted by Crippen LogP contribution is 2.19. The highest BCUT2D eigenvalue weighted by molar-refractivity contribution is 5.32. The van der Waals surface area contributed by atoms with Gasteiger partial charge in [-0.2, -0.15) is 0 Å². The van der Waals surface area contributed by atoms with Crippen molar-refractivity contribution in [3.8, 4) is 0 Å². The monoisotopic (exact) mass is 193 g/mol. The normalized spacial score (nSPS) is 13.3. The molecule has 1 rings (SSSR count). The number of nitrogens with two attached hydrogens (primary N) is 1. The van der Waals surface area contributed by atoms with Gasteiger partial charge in [-0.3, -0.25) is 10.7 Å². The number of hydrogen-bond donors (Lipinski definition) is 2. The summed E-state index contributed by atoms with van der Waals surface area (Å²) in [5, 5.41) is 0. The van der Waals surface area contributed by atoms with Gasteiger partial charge < -0.3 is 0 Å². The molecule has 0 fully saturated rings. The number of hydrogen-bond acceptors (Lipinski definition) is 3. The van der Waals surface area contributed by atoms with Crippen molar-refractivity contribution in [2.75, 3.05) is 14.1 Å². The largest absolute Gasteiger partial charge is 0.289 e. The molecule has 0 spiro atoms. The maximum absolute atomic E-state index is 5.53. The van der Waals surface area contributed by atoms with Crippen molar-refractivity contribution < 1.29 is 0 Å². The number of nitrogens with one attached hydrogen (secondary N) is 1. The van der Waals surface area contributed by atoms with E-state index in [4.69, 9.17) is 5.84 Å². The van der Waals surface area contributed by atoms with Crippen molar-refractivity contribution in [1.82, 2.24) is 10.3 Å². The second-order valence-electron chi connectivity index (χ2n) is 3.89. The van der Waals surface area contributed by atoms with Crippen LogP contribution >= 0.6 is 0 Å². The smallest absolute Gasteiger partial charge is 0.0983 e. The van der Waals surface area contributed by atoms with Gasteiger partial charge in [-0.25, -0.2) is 5.43 Å². The van der Waals surface area contributed by atoms with Gasteiger partial charge in [-0.05, 0) is 39.1 Å². The van der Waals surface area contributed by atoms with Crippen LogP contribution in [0.5, 0.6) is 0 Å². The van der Waals surface area contributed by atoms with Crippen LogP contribution in [0, 0.1) is 13.8 Å². The fourth-order valence-electron chi connectivity index (χ4n) is 1.57. The van der Waals surface area contributed by atoms with E-state index in [0.717, 1.165) is 0 Å². The molecule has 3 N–H and O–H groups in total. The Hall–Kier alpha value is -0.900. The van der Waals surface area contributed by atoms with E-state index in [2.05, 4.69) is 42.4 Å². The summed E-state index contributed by atoms with van der Waals surface area (Å²) in [7, 11) is 4.01. The lowest BCUT2D eigenvalue weighted by Crippen LogP contribution is -2.38. The van der Waals surface area contributed by atoms with E-state index in [0.29, 0.717) is 0 Å². The van der Waals surface area contributed by atoms with Gasteiger partial charge >= 0.3 is 0 Å². The Balaban J connectivity index is 3.08. The Kier molecular flexibility index (Phi) is 3.63. The quantitative estimate of drug-likeness (QED) is 0.432. The fraction of sp³-hybridized carbons (Fsp3) is 0.455. The van der Waals surface area contributed by atoms with Gasteiger partial charge in [0.25, 0.3) is 0 Å². The summed E-state index contributed by atoms with van der Waals surface area (Å²) in [5.74, 6) is 5.53. The molecule has 0 radical (unpaired) electrons. The van der Waals surface area contributed by atoms with Crippen LogP contribution in [0.15, 0.2) is 18.2 Å². The van der Waals surface area contributed by atoms with Crippen LogP contribution in [0.4, 0.5) is 0 Å². The van der Waals surface area contributed by atoms with E-state index < -0.39 is 0 Å². The van der Waals surface area contributed by atoms with Crippen molar-refractivity contribution in [3.05, 3.63) is 34.9 Å². The summed E-state index contributed by atoms with van der Waals surface area (Å²) in [6.07, 6.45) is 0.0786. The van der Waals surface area contributed by atoms with Gasteiger partial charge in [-0.15, -0.1) is 0 Å². The molecule has 78 valence electrons. The number of benzene rings is 1. The Morgan fingerprint density at radius 2 is 1.93 bits per heavy atom. The molecule has 0 bridgehead atoms. The average molecular weight is 193 g/mol. The lowest BCUT2D eigenvalue weighted by Gasteiger charge is -2.25. The van der Waals surface area contributed by atoms with Crippen LogP contribution in [0.3, 0.4) is 0 Å². The molecule has 0 aliphatic carbocycles. The van der Waals surface area contributed by atoms with Crippen molar-refractivity contribution in [1.29, 1.82) is 0 Å². The molecule has 1 atom stereocenters. The van der Waals surface area contributed by atoms with Crippen molar-refractivity contribution in [3.63, 3.8) is 0 Å². The van der Waals surface area contributed by atoms with Gasteiger partial charge in [0, 0.05) is 0 Å². The van der Waals surface area contributed by atoms with Crippen LogP contribution in [0.2, 0.25) is 0 Å². The minimum Gasteiger partial charge on any atom is -0.289 e. The van der Waals surface area contributed by atoms with Gasteiger partial charge in [-0.1, -0.05) is 23.8 Å². The standard InChI is InChI=1S/C11H19N3/c1-8-5-6-9(2)10(7-8)11(13-12)14(3)4/h5-7,11,13H,12H2,1-4H3. The SMILES string of the molecule is Cc1ccc(C)c(C(NN)N(C)C)c1. The molecule has 0 saturated carbocycles. The van der Waals surface area contributed by atoms with Crippen molar-refractivity contribution in [2.45, 2.75) is 20.0 Å². The molecule has 1 aromatic rings. The molecular weight excluding hydrogens is 174 g/mol. The average Bonchev–Trinajstić information content (AvgIpc) is 2.11. The van der Waals surface area contributed by atoms with E-state index in [9.17, 15) is 0 Å². The summed E-state index contributed by atoms with van der Waals surface area (Å²) in [6, 6.07) is 6.40. The minimum atomic E-state index is 0.0786. The van der Waals surface area contributed by atoms with Crippen molar-refractivity contribution in [2.24, 2.45) is 5.84 Å². The van der Waals surface area contributed by atoms with E-state index in [1.165, 1.54) is 16.7 Å². The second-order valence-corrected chi connectivity index (χ2v) is 3.89. The van der Waals surface area contributed by atoms with Crippen molar-refractivity contribution >= 4 is 0 Å². The molecule has 0 aliphatic rings. The molecule has 1 aromatic carbocycles. The highest BCUT2D eigenvalue weighted by Gasteiger charge is 2.13. The Bertz CT molecular complexity index is 307. The summed E-state index contributed by atoms with van der Waals surface area (Å²) in [5.41, 5.74) is 6.56. The first-order valence-electron chi connectivity index (χ1n) is 4.76. The molecule has 0 amide bonds. The fourth-order valence-corrected chi connectivity index (χ4v) is 1.57. The van der Waals surface area contributed by atoms with E-state index in [1.54, 1.807) is 0 Å². The lowest BCUT2D eigenvalue weighted by molar-refractivity contribution is 0.252. The first-order chi connectivity index (χ1) is 6.56. The minimum absolute atomic E-state index is 0.0786. The zero-order valence-electron chi connectivity index (χ0n) is 9.33. The van der Waals surface area contributed by atoms with E-state index in [-0.39, 0.29) is 6.17 Å². The maximum atomic E-state index is 5.53. The van der Waals surface area contributed by atoms with Gasteiger partial charge in [0.1, 0.15) is 0 Å². The van der Waals surface area contributed by atoms with E-state index >= 15 is 0 Å². The Morgan fingerprint density at radius 3 is 2.43 bits per heavy atom. The molecule has 1 unspecified atom stereocenters. The third-order valence-electron chi connectivity index (χ3n) is 2.40. The number of nitrogens with zero attached hydrogens (tertiary/aromatic N) is 1. The molecule has 3 nitrogen and oxygen atoms in total. The van der Waals surface area contributed by atoms with Gasteiger partial charge in [0.2, 0.25) is 0 Å². The zero-order valence-corrected chi connectivity index (χ0v) is 9.33. The highest BCUT2D eigenvalue weighted by atomic mass is 15.4. The Labute approximate surface area is 85.9 Å². The molecule has 14 heavy (non-hydrogen) atoms. The molecule has 0 heterocycles. The van der Waals surface area contributed by atoms with Crippen LogP contribution in [-0.2, 0) is 0 Å². The van der Waals surface area contributed by atoms with Crippen LogP contribution in [0.1, 0.15) is 22.9 Å². The summed E-state index contributed by atoms with van der Waals surface area (Å²) >= 11 is 0. The summed E-state index contributed by atoms with van der Waals surface area (Å²) in [4.78, 5) is 2.06. The van der Waals surface area contributed by atoms with Gasteiger partial charge in [0.15, 0.2) is 0 Å². The molecule has 0 aliphatic heterocycles. The topological polar surface area (TPSA) is 41.3 Å². The molecule has 0 saturated heterocycles. The summed E-state index contributed by atoms with van der Waals surface area (Å²) in [6.45, 7) is 4.19. The third-order valence-corrected chi connectivity index (χ3v) is 2.40. The number of hydrazine groups is 1. The third kappa shape index (κ3) is 2.32. The Morgan fingerprint density at radius 1 is 1.29 bits per heavy atom. The molecule has 0 aromatic heterocycles. The van der Waals surface area contributed by atoms with E-state index in [1.807, 2.05) is 14.1 Å². The number of rotatable bonds is 3. The predicted molar refractivity (Wildman–Crippen MR) is 59.7 cm³/mol. The number of aryl methyl sites for hydroxylation is 2. The van der Waals surface area contributed by atoms with Crippen LogP contribution in [0.25, 0.3) is 0 Å². The summed E-state index contributed by atoms with van der Waals surface area (Å²) < 4.78 is 0. The maximum Gasteiger partial charge on any atom is 0.0983 e. The van der Waals surface area contributed by atoms with Gasteiger partial charge in [0.05, 0.1) is 6.17 Å².